The number of carbonyl (C=O) groups excluding carboxylic acids is 1. The molecule has 1 fully saturated rings. The monoisotopic (exact) mass is 514 g/mol. The predicted octanol–water partition coefficient (Wildman–Crippen LogP) is 4.30. The van der Waals surface area contributed by atoms with Crippen LogP contribution < -0.4 is 16.1 Å². The van der Waals surface area contributed by atoms with Gasteiger partial charge in [-0.15, -0.1) is 0 Å². The van der Waals surface area contributed by atoms with E-state index in [2.05, 4.69) is 66.2 Å². The molecular weight excluding hydrogens is 474 g/mol. The van der Waals surface area contributed by atoms with Crippen molar-refractivity contribution >= 4 is 11.6 Å². The smallest absolute Gasteiger partial charge is 0.217 e. The Bertz CT molecular complexity index is 1080. The fourth-order valence-electron chi connectivity index (χ4n) is 5.06. The van der Waals surface area contributed by atoms with E-state index in [9.17, 15) is 18.7 Å². The van der Waals surface area contributed by atoms with E-state index in [0.717, 1.165) is 43.0 Å². The van der Waals surface area contributed by atoms with Gasteiger partial charge in [0, 0.05) is 37.8 Å². The number of hydrogen-bond acceptors (Lipinski definition) is 5. The van der Waals surface area contributed by atoms with Crippen molar-refractivity contribution in [2.45, 2.75) is 82.9 Å². The van der Waals surface area contributed by atoms with Gasteiger partial charge in [-0.1, -0.05) is 45.0 Å². The number of nitrogens with one attached hydrogen (secondary N) is 3. The maximum atomic E-state index is 13.8. The molecule has 3 rings (SSSR count). The third-order valence-corrected chi connectivity index (χ3v) is 7.11. The van der Waals surface area contributed by atoms with Gasteiger partial charge in [0.2, 0.25) is 5.91 Å². The van der Waals surface area contributed by atoms with Gasteiger partial charge in [-0.05, 0) is 66.3 Å². The minimum atomic E-state index is -0.981. The van der Waals surface area contributed by atoms with Crippen LogP contribution in [0.2, 0.25) is 0 Å². The lowest BCUT2D eigenvalue weighted by Crippen LogP contribution is -2.53. The number of rotatable bonds is 9. The quantitative estimate of drug-likeness (QED) is 0.376. The normalized spacial score (nSPS) is 19.7. The molecule has 0 saturated heterocycles. The van der Waals surface area contributed by atoms with Gasteiger partial charge >= 0.3 is 0 Å². The molecule has 2 aromatic carbocycles. The molecule has 202 valence electrons. The second-order valence-corrected chi connectivity index (χ2v) is 11.1. The molecule has 1 aliphatic carbocycles. The van der Waals surface area contributed by atoms with Crippen molar-refractivity contribution in [3.05, 3.63) is 70.8 Å². The van der Waals surface area contributed by atoms with Crippen LogP contribution in [0.4, 0.5) is 8.78 Å². The first-order valence-electron chi connectivity index (χ1n) is 12.9. The van der Waals surface area contributed by atoms with Crippen molar-refractivity contribution in [3.8, 4) is 0 Å². The zero-order chi connectivity index (χ0) is 27.2. The average molecular weight is 515 g/mol. The maximum Gasteiger partial charge on any atom is 0.217 e. The molecule has 1 saturated carbocycles. The van der Waals surface area contributed by atoms with E-state index in [4.69, 9.17) is 0 Å². The first-order valence-corrected chi connectivity index (χ1v) is 12.9. The first-order chi connectivity index (χ1) is 17.4. The number of benzene rings is 2. The zero-order valence-corrected chi connectivity index (χ0v) is 22.5. The van der Waals surface area contributed by atoms with Gasteiger partial charge in [-0.3, -0.25) is 4.79 Å². The number of halogens is 2. The molecule has 37 heavy (non-hydrogen) atoms. The summed E-state index contributed by atoms with van der Waals surface area (Å²) in [6, 6.07) is 11.1. The lowest BCUT2D eigenvalue weighted by Gasteiger charge is -2.41. The fraction of sp³-hybridized carbons (Fsp3) is 0.517. The predicted molar refractivity (Wildman–Crippen MR) is 143 cm³/mol. The lowest BCUT2D eigenvalue weighted by atomic mass is 9.74. The molecule has 8 heteroatoms. The molecule has 4 N–H and O–H groups in total. The van der Waals surface area contributed by atoms with E-state index in [-0.39, 0.29) is 29.8 Å². The Morgan fingerprint density at radius 2 is 1.76 bits per heavy atom. The van der Waals surface area contributed by atoms with Gasteiger partial charge < -0.3 is 21.2 Å². The van der Waals surface area contributed by atoms with Crippen LogP contribution in [-0.2, 0) is 22.2 Å². The van der Waals surface area contributed by atoms with Gasteiger partial charge in [0.1, 0.15) is 11.6 Å². The highest BCUT2D eigenvalue weighted by Gasteiger charge is 2.37. The van der Waals surface area contributed by atoms with Crippen LogP contribution in [0.1, 0.15) is 70.1 Å². The molecule has 2 unspecified atom stereocenters. The highest BCUT2D eigenvalue weighted by atomic mass is 19.1. The third-order valence-electron chi connectivity index (χ3n) is 7.11. The molecule has 0 heterocycles. The summed E-state index contributed by atoms with van der Waals surface area (Å²) in [7, 11) is 1.79. The van der Waals surface area contributed by atoms with Gasteiger partial charge in [-0.25, -0.2) is 8.78 Å². The Morgan fingerprint density at radius 3 is 2.32 bits per heavy atom. The largest absolute Gasteiger partial charge is 0.390 e. The highest BCUT2D eigenvalue weighted by Crippen LogP contribution is 2.38. The van der Waals surface area contributed by atoms with E-state index >= 15 is 0 Å². The van der Waals surface area contributed by atoms with E-state index in [1.165, 1.54) is 24.6 Å². The number of amides is 1. The van der Waals surface area contributed by atoms with Crippen molar-refractivity contribution in [1.82, 2.24) is 16.1 Å². The number of aliphatic hydroxyl groups is 1. The summed E-state index contributed by atoms with van der Waals surface area (Å²) in [5.74, 6) is -1.70. The summed E-state index contributed by atoms with van der Waals surface area (Å²) in [5, 5.41) is 22.0. The van der Waals surface area contributed by atoms with Crippen LogP contribution >= 0.6 is 0 Å². The minimum absolute atomic E-state index is 0.0130. The molecular formula is C29H40F2N4O2. The Kier molecular flexibility index (Phi) is 9.42. The van der Waals surface area contributed by atoms with Crippen LogP contribution in [0.15, 0.2) is 47.6 Å². The minimum Gasteiger partial charge on any atom is -0.390 e. The van der Waals surface area contributed by atoms with Crippen molar-refractivity contribution in [1.29, 1.82) is 0 Å². The topological polar surface area (TPSA) is 85.8 Å². The summed E-state index contributed by atoms with van der Waals surface area (Å²) in [5.41, 5.74) is 6.34. The van der Waals surface area contributed by atoms with E-state index in [0.29, 0.717) is 5.56 Å². The van der Waals surface area contributed by atoms with Crippen LogP contribution in [0.3, 0.4) is 0 Å². The number of hydrazone groups is 1. The molecule has 6 nitrogen and oxygen atoms in total. The van der Waals surface area contributed by atoms with E-state index in [1.807, 2.05) is 0 Å². The fourth-order valence-corrected chi connectivity index (χ4v) is 5.06. The number of hydrogen-bond donors (Lipinski definition) is 4. The Morgan fingerprint density at radius 1 is 1.11 bits per heavy atom. The summed E-state index contributed by atoms with van der Waals surface area (Å²) in [6.07, 6.45) is 2.33. The molecule has 0 spiro atoms. The molecule has 0 aromatic heterocycles. The van der Waals surface area contributed by atoms with E-state index < -0.39 is 23.8 Å². The second-order valence-electron chi connectivity index (χ2n) is 11.1. The second kappa shape index (κ2) is 12.1. The van der Waals surface area contributed by atoms with Crippen molar-refractivity contribution in [2.24, 2.45) is 5.10 Å². The molecule has 2 atom stereocenters. The molecule has 0 bridgehead atoms. The van der Waals surface area contributed by atoms with Gasteiger partial charge in [0.25, 0.3) is 0 Å². The molecule has 2 aromatic rings. The Labute approximate surface area is 218 Å². The lowest BCUT2D eigenvalue weighted by molar-refractivity contribution is -0.120. The van der Waals surface area contributed by atoms with Crippen molar-refractivity contribution < 1.29 is 18.7 Å². The van der Waals surface area contributed by atoms with E-state index in [1.54, 1.807) is 7.05 Å². The van der Waals surface area contributed by atoms with Crippen molar-refractivity contribution in [2.75, 3.05) is 13.6 Å². The highest BCUT2D eigenvalue weighted by molar-refractivity contribution is 5.85. The Balaban J connectivity index is 1.85. The zero-order valence-electron chi connectivity index (χ0n) is 22.5. The third kappa shape index (κ3) is 7.82. The molecule has 0 radical (unpaired) electrons. The van der Waals surface area contributed by atoms with Crippen molar-refractivity contribution in [3.63, 3.8) is 0 Å². The van der Waals surface area contributed by atoms with Crippen LogP contribution in [0, 0.1) is 11.6 Å². The summed E-state index contributed by atoms with van der Waals surface area (Å²) >= 11 is 0. The van der Waals surface area contributed by atoms with Crippen LogP contribution in [0.25, 0.3) is 0 Å². The standard InChI is InChI=1S/C29H40F2N4O2/c1-19(36)34-26(15-20-13-23(30)17-24(31)14-20)27(37)18-33-29(11-9-25(10-12-29)35-32-5)22-8-6-7-21(16-22)28(2,3)4/h6-8,13-14,16-17,26-27,32-33,37H,9-12,15,18H2,1-5H3,(H,34,36). The maximum absolute atomic E-state index is 13.8. The SMILES string of the molecule is CNN=C1CCC(NCC(O)C(Cc2cc(F)cc(F)c2)NC(C)=O)(c2cccc(C(C)(C)C)c2)CC1. The first kappa shape index (κ1) is 28.7. The molecule has 1 amide bonds. The Hall–Kier alpha value is -2.84. The van der Waals surface area contributed by atoms with Crippen LogP contribution in [-0.4, -0.2) is 42.5 Å². The average Bonchev–Trinajstić information content (AvgIpc) is 2.82. The summed E-state index contributed by atoms with van der Waals surface area (Å²) in [6.45, 7) is 8.11. The van der Waals surface area contributed by atoms with Gasteiger partial charge in [0.05, 0.1) is 12.1 Å². The number of aliphatic hydroxyl groups excluding tert-OH is 1. The van der Waals surface area contributed by atoms with Gasteiger partial charge in [0.15, 0.2) is 0 Å². The number of nitrogens with zero attached hydrogens (tertiary/aromatic N) is 1. The van der Waals surface area contributed by atoms with Crippen LogP contribution in [0.5, 0.6) is 0 Å². The number of carbonyl (C=O) groups is 1. The molecule has 1 aliphatic rings. The van der Waals surface area contributed by atoms with Gasteiger partial charge in [-0.2, -0.15) is 5.10 Å². The summed E-state index contributed by atoms with van der Waals surface area (Å²) < 4.78 is 27.5. The molecule has 0 aliphatic heterocycles. The summed E-state index contributed by atoms with van der Waals surface area (Å²) in [4.78, 5) is 11.9.